The second kappa shape index (κ2) is 4.44. The van der Waals surface area contributed by atoms with E-state index in [2.05, 4.69) is 21.8 Å². The van der Waals surface area contributed by atoms with Crippen LogP contribution in [0, 0.1) is 5.92 Å². The molecule has 2 aromatic rings. The van der Waals surface area contributed by atoms with Crippen LogP contribution < -0.4 is 4.90 Å². The van der Waals surface area contributed by atoms with Crippen molar-refractivity contribution >= 4 is 27.4 Å². The normalized spacial score (nSPS) is 23.0. The molecular weight excluding hydrogens is 254 g/mol. The SMILES string of the molecule is C[C@H]1CCc2c(sc3ncnc(N4CCCC4)c23)C1. The van der Waals surface area contributed by atoms with Crippen molar-refractivity contribution in [2.24, 2.45) is 5.92 Å². The fraction of sp³-hybridized carbons (Fsp3) is 0.600. The number of anilines is 1. The highest BCUT2D eigenvalue weighted by atomic mass is 32.1. The summed E-state index contributed by atoms with van der Waals surface area (Å²) in [5, 5.41) is 1.37. The van der Waals surface area contributed by atoms with Gasteiger partial charge in [-0.3, -0.25) is 0 Å². The van der Waals surface area contributed by atoms with Crippen LogP contribution in [0.2, 0.25) is 0 Å². The van der Waals surface area contributed by atoms with Crippen LogP contribution in [0.3, 0.4) is 0 Å². The molecule has 4 heteroatoms. The maximum absolute atomic E-state index is 4.61. The predicted octanol–water partition coefficient (Wildman–Crippen LogP) is 3.42. The summed E-state index contributed by atoms with van der Waals surface area (Å²) >= 11 is 1.90. The molecule has 3 heterocycles. The smallest absolute Gasteiger partial charge is 0.141 e. The van der Waals surface area contributed by atoms with E-state index in [1.165, 1.54) is 48.1 Å². The van der Waals surface area contributed by atoms with Gasteiger partial charge in [0.2, 0.25) is 0 Å². The largest absolute Gasteiger partial charge is 0.356 e. The summed E-state index contributed by atoms with van der Waals surface area (Å²) < 4.78 is 0. The van der Waals surface area contributed by atoms with Crippen molar-refractivity contribution in [3.63, 3.8) is 0 Å². The quantitative estimate of drug-likeness (QED) is 0.797. The van der Waals surface area contributed by atoms with Gasteiger partial charge in [0, 0.05) is 18.0 Å². The molecule has 1 atom stereocenters. The molecule has 0 saturated carbocycles. The van der Waals surface area contributed by atoms with Gasteiger partial charge in [-0.2, -0.15) is 0 Å². The average molecular weight is 273 g/mol. The number of rotatable bonds is 1. The van der Waals surface area contributed by atoms with Gasteiger partial charge >= 0.3 is 0 Å². The van der Waals surface area contributed by atoms with Gasteiger partial charge in [0.15, 0.2) is 0 Å². The molecule has 100 valence electrons. The molecule has 2 aromatic heterocycles. The van der Waals surface area contributed by atoms with E-state index < -0.39 is 0 Å². The maximum Gasteiger partial charge on any atom is 0.141 e. The summed E-state index contributed by atoms with van der Waals surface area (Å²) in [6, 6.07) is 0. The Morgan fingerprint density at radius 3 is 2.95 bits per heavy atom. The van der Waals surface area contributed by atoms with E-state index in [0.717, 1.165) is 19.0 Å². The standard InChI is InChI=1S/C15H19N3S/c1-10-4-5-11-12(8-10)19-15-13(11)14(16-9-17-15)18-6-2-3-7-18/h9-10H,2-8H2,1H3/t10-/m0/s1. The summed E-state index contributed by atoms with van der Waals surface area (Å²) in [5.74, 6) is 2.03. The van der Waals surface area contributed by atoms with Crippen LogP contribution in [0.15, 0.2) is 6.33 Å². The number of fused-ring (bicyclic) bond motifs is 3. The zero-order chi connectivity index (χ0) is 12.8. The molecule has 2 aliphatic rings. The summed E-state index contributed by atoms with van der Waals surface area (Å²) in [7, 11) is 0. The molecule has 0 aromatic carbocycles. The molecule has 19 heavy (non-hydrogen) atoms. The highest BCUT2D eigenvalue weighted by Crippen LogP contribution is 2.40. The molecule has 1 aliphatic heterocycles. The number of hydrogen-bond acceptors (Lipinski definition) is 4. The molecule has 0 N–H and O–H groups in total. The molecule has 0 spiro atoms. The van der Waals surface area contributed by atoms with Gasteiger partial charge in [0.05, 0.1) is 5.39 Å². The van der Waals surface area contributed by atoms with Gasteiger partial charge in [0.25, 0.3) is 0 Å². The van der Waals surface area contributed by atoms with E-state index >= 15 is 0 Å². The third-order valence-electron chi connectivity index (χ3n) is 4.48. The lowest BCUT2D eigenvalue weighted by atomic mass is 9.89. The Balaban J connectivity index is 1.89. The molecule has 0 bridgehead atoms. The Hall–Kier alpha value is -1.16. The van der Waals surface area contributed by atoms with Gasteiger partial charge in [0.1, 0.15) is 17.0 Å². The number of aromatic nitrogens is 2. The van der Waals surface area contributed by atoms with Crippen LogP contribution in [0.1, 0.15) is 36.6 Å². The average Bonchev–Trinajstić information content (AvgIpc) is 3.04. The van der Waals surface area contributed by atoms with E-state index in [4.69, 9.17) is 0 Å². The number of nitrogens with zero attached hydrogens (tertiary/aromatic N) is 3. The predicted molar refractivity (Wildman–Crippen MR) is 80.1 cm³/mol. The van der Waals surface area contributed by atoms with Crippen molar-refractivity contribution < 1.29 is 0 Å². The summed E-state index contributed by atoms with van der Waals surface area (Å²) in [5.41, 5.74) is 1.56. The van der Waals surface area contributed by atoms with Crippen LogP contribution in [-0.4, -0.2) is 23.1 Å². The first-order valence-corrected chi connectivity index (χ1v) is 8.15. The molecule has 0 amide bonds. The Labute approximate surface area is 117 Å². The number of hydrogen-bond donors (Lipinski definition) is 0. The lowest BCUT2D eigenvalue weighted by Crippen LogP contribution is -2.19. The Kier molecular flexibility index (Phi) is 2.72. The molecule has 4 rings (SSSR count). The first kappa shape index (κ1) is 11.6. The first-order valence-electron chi connectivity index (χ1n) is 7.33. The van der Waals surface area contributed by atoms with Crippen molar-refractivity contribution in [2.75, 3.05) is 18.0 Å². The van der Waals surface area contributed by atoms with Crippen LogP contribution in [0.25, 0.3) is 10.2 Å². The number of thiophene rings is 1. The van der Waals surface area contributed by atoms with Crippen LogP contribution in [0.4, 0.5) is 5.82 Å². The van der Waals surface area contributed by atoms with E-state index in [-0.39, 0.29) is 0 Å². The second-order valence-electron chi connectivity index (χ2n) is 5.92. The zero-order valence-electron chi connectivity index (χ0n) is 11.4. The van der Waals surface area contributed by atoms with E-state index in [9.17, 15) is 0 Å². The van der Waals surface area contributed by atoms with Crippen LogP contribution in [-0.2, 0) is 12.8 Å². The van der Waals surface area contributed by atoms with Crippen molar-refractivity contribution in [1.29, 1.82) is 0 Å². The Bertz CT molecular complexity index is 613. The summed E-state index contributed by atoms with van der Waals surface area (Å²) in [4.78, 5) is 14.4. The second-order valence-corrected chi connectivity index (χ2v) is 7.01. The topological polar surface area (TPSA) is 29.0 Å². The minimum absolute atomic E-state index is 0.823. The minimum Gasteiger partial charge on any atom is -0.356 e. The molecule has 0 unspecified atom stereocenters. The fourth-order valence-electron chi connectivity index (χ4n) is 3.43. The fourth-order valence-corrected chi connectivity index (χ4v) is 4.77. The lowest BCUT2D eigenvalue weighted by Gasteiger charge is -2.20. The van der Waals surface area contributed by atoms with Crippen LogP contribution in [0.5, 0.6) is 0 Å². The minimum atomic E-state index is 0.823. The highest BCUT2D eigenvalue weighted by molar-refractivity contribution is 7.19. The Morgan fingerprint density at radius 2 is 2.11 bits per heavy atom. The monoisotopic (exact) mass is 273 g/mol. The van der Waals surface area contributed by atoms with Crippen molar-refractivity contribution in [1.82, 2.24) is 9.97 Å². The third-order valence-corrected chi connectivity index (χ3v) is 5.64. The number of aryl methyl sites for hydroxylation is 1. The van der Waals surface area contributed by atoms with Gasteiger partial charge in [-0.25, -0.2) is 9.97 Å². The highest BCUT2D eigenvalue weighted by Gasteiger charge is 2.25. The van der Waals surface area contributed by atoms with Gasteiger partial charge < -0.3 is 4.90 Å². The van der Waals surface area contributed by atoms with Crippen molar-refractivity contribution in [2.45, 2.75) is 39.0 Å². The molecule has 1 fully saturated rings. The molecule has 3 nitrogen and oxygen atoms in total. The van der Waals surface area contributed by atoms with Gasteiger partial charge in [-0.1, -0.05) is 6.92 Å². The van der Waals surface area contributed by atoms with Crippen molar-refractivity contribution in [3.05, 3.63) is 16.8 Å². The summed E-state index contributed by atoms with van der Waals surface area (Å²) in [6.07, 6.45) is 8.11. The lowest BCUT2D eigenvalue weighted by molar-refractivity contribution is 0.509. The molecule has 1 saturated heterocycles. The Morgan fingerprint density at radius 1 is 1.26 bits per heavy atom. The summed E-state index contributed by atoms with van der Waals surface area (Å²) in [6.45, 7) is 4.68. The third kappa shape index (κ3) is 1.84. The maximum atomic E-state index is 4.61. The zero-order valence-corrected chi connectivity index (χ0v) is 12.2. The van der Waals surface area contributed by atoms with Gasteiger partial charge in [-0.05, 0) is 43.6 Å². The van der Waals surface area contributed by atoms with Crippen molar-refractivity contribution in [3.8, 4) is 0 Å². The van der Waals surface area contributed by atoms with E-state index in [1.807, 2.05) is 11.3 Å². The molecule has 1 aliphatic carbocycles. The van der Waals surface area contributed by atoms with E-state index in [1.54, 1.807) is 16.8 Å². The molecule has 0 radical (unpaired) electrons. The van der Waals surface area contributed by atoms with Gasteiger partial charge in [-0.15, -0.1) is 11.3 Å². The molecular formula is C15H19N3S. The van der Waals surface area contributed by atoms with Crippen LogP contribution >= 0.6 is 11.3 Å². The van der Waals surface area contributed by atoms with E-state index in [0.29, 0.717) is 0 Å². The first-order chi connectivity index (χ1) is 9.33.